The molecule has 3 aliphatic rings. The molecule has 1 unspecified atom stereocenters. The second kappa shape index (κ2) is 8.26. The number of piperazine rings is 1. The van der Waals surface area contributed by atoms with E-state index >= 15 is 0 Å². The molecule has 1 aromatic heterocycles. The molecule has 1 aromatic carbocycles. The van der Waals surface area contributed by atoms with E-state index in [2.05, 4.69) is 20.1 Å². The third-order valence-corrected chi connectivity index (χ3v) is 6.69. The van der Waals surface area contributed by atoms with E-state index in [4.69, 9.17) is 4.42 Å². The molecule has 8 nitrogen and oxygen atoms in total. The summed E-state index contributed by atoms with van der Waals surface area (Å²) in [6.07, 6.45) is 4.06. The van der Waals surface area contributed by atoms with E-state index in [1.165, 1.54) is 0 Å². The number of aromatic nitrogens is 1. The molecule has 4 heterocycles. The zero-order valence-corrected chi connectivity index (χ0v) is 17.3. The first kappa shape index (κ1) is 19.4. The number of fused-ring (bicyclic) bond motifs is 1. The molecule has 1 atom stereocenters. The summed E-state index contributed by atoms with van der Waals surface area (Å²) in [6.45, 7) is 5.09. The van der Waals surface area contributed by atoms with Gasteiger partial charge in [0, 0.05) is 38.8 Å². The van der Waals surface area contributed by atoms with Gasteiger partial charge >= 0.3 is 0 Å². The Kier molecular flexibility index (Phi) is 5.33. The minimum atomic E-state index is -0.0474. The van der Waals surface area contributed by atoms with Gasteiger partial charge in [-0.2, -0.15) is 4.98 Å². The predicted molar refractivity (Wildman–Crippen MR) is 113 cm³/mol. The minimum Gasteiger partial charge on any atom is -0.423 e. The van der Waals surface area contributed by atoms with Crippen molar-refractivity contribution in [1.82, 2.24) is 20.1 Å². The second-order valence-electron chi connectivity index (χ2n) is 8.63. The van der Waals surface area contributed by atoms with E-state index in [0.717, 1.165) is 63.0 Å². The number of likely N-dealkylation sites (tertiary alicyclic amines) is 1. The Morgan fingerprint density at radius 3 is 2.73 bits per heavy atom. The van der Waals surface area contributed by atoms with E-state index in [9.17, 15) is 9.59 Å². The van der Waals surface area contributed by atoms with Crippen LogP contribution in [0.5, 0.6) is 0 Å². The predicted octanol–water partition coefficient (Wildman–Crippen LogP) is 1.47. The Hall–Kier alpha value is -2.61. The van der Waals surface area contributed by atoms with Gasteiger partial charge in [0.2, 0.25) is 11.8 Å². The summed E-state index contributed by atoms with van der Waals surface area (Å²) in [7, 11) is 0. The van der Waals surface area contributed by atoms with Crippen molar-refractivity contribution < 1.29 is 14.0 Å². The van der Waals surface area contributed by atoms with Gasteiger partial charge in [-0.3, -0.25) is 14.5 Å². The van der Waals surface area contributed by atoms with Gasteiger partial charge in [0.25, 0.3) is 6.01 Å². The second-order valence-corrected chi connectivity index (χ2v) is 8.63. The summed E-state index contributed by atoms with van der Waals surface area (Å²) in [5, 5.41) is 2.80. The highest BCUT2D eigenvalue weighted by atomic mass is 16.4. The van der Waals surface area contributed by atoms with Gasteiger partial charge in [-0.1, -0.05) is 12.1 Å². The molecule has 1 N–H and O–H groups in total. The highest BCUT2D eigenvalue weighted by Crippen LogP contribution is 2.28. The van der Waals surface area contributed by atoms with E-state index in [0.29, 0.717) is 25.1 Å². The Balaban J connectivity index is 1.17. The van der Waals surface area contributed by atoms with Crippen LogP contribution in [0.3, 0.4) is 0 Å². The molecule has 0 aliphatic carbocycles. The SMILES string of the molecule is O=C1CN(C(=O)C2CCCN(C3CCN(c4nc5ccccc5o4)CC3)C2)CCN1. The fourth-order valence-electron chi connectivity index (χ4n) is 5.04. The molecule has 3 saturated heterocycles. The largest absolute Gasteiger partial charge is 0.423 e. The first-order valence-electron chi connectivity index (χ1n) is 11.1. The molecule has 0 bridgehead atoms. The number of nitrogens with zero attached hydrogens (tertiary/aromatic N) is 4. The third-order valence-electron chi connectivity index (χ3n) is 6.69. The average molecular weight is 412 g/mol. The van der Waals surface area contributed by atoms with Crippen molar-refractivity contribution in [2.24, 2.45) is 5.92 Å². The van der Waals surface area contributed by atoms with Crippen LogP contribution in [0.4, 0.5) is 6.01 Å². The Morgan fingerprint density at radius 1 is 1.10 bits per heavy atom. The molecule has 3 fully saturated rings. The number of piperidine rings is 2. The van der Waals surface area contributed by atoms with Crippen LogP contribution >= 0.6 is 0 Å². The lowest BCUT2D eigenvalue weighted by molar-refractivity contribution is -0.143. The van der Waals surface area contributed by atoms with Gasteiger partial charge in [-0.05, 0) is 44.4 Å². The number of para-hydroxylation sites is 2. The number of rotatable bonds is 3. The molecular weight excluding hydrogens is 382 g/mol. The molecule has 160 valence electrons. The van der Waals surface area contributed by atoms with Crippen molar-refractivity contribution in [1.29, 1.82) is 0 Å². The number of oxazole rings is 1. The van der Waals surface area contributed by atoms with E-state index < -0.39 is 0 Å². The molecule has 3 aliphatic heterocycles. The summed E-state index contributed by atoms with van der Waals surface area (Å²) in [6, 6.07) is 9.08. The van der Waals surface area contributed by atoms with Crippen LogP contribution in [0.15, 0.2) is 28.7 Å². The first-order valence-corrected chi connectivity index (χ1v) is 11.1. The van der Waals surface area contributed by atoms with Gasteiger partial charge in [-0.15, -0.1) is 0 Å². The molecule has 2 aromatic rings. The van der Waals surface area contributed by atoms with Crippen molar-refractivity contribution in [3.8, 4) is 0 Å². The van der Waals surface area contributed by atoms with Crippen LogP contribution in [0.2, 0.25) is 0 Å². The maximum atomic E-state index is 12.9. The maximum Gasteiger partial charge on any atom is 0.298 e. The number of hydrogen-bond donors (Lipinski definition) is 1. The lowest BCUT2D eigenvalue weighted by atomic mass is 9.92. The zero-order valence-electron chi connectivity index (χ0n) is 17.3. The Labute approximate surface area is 176 Å². The lowest BCUT2D eigenvalue weighted by Gasteiger charge is -2.42. The number of nitrogens with one attached hydrogen (secondary N) is 1. The van der Waals surface area contributed by atoms with Crippen LogP contribution < -0.4 is 10.2 Å². The monoisotopic (exact) mass is 411 g/mol. The van der Waals surface area contributed by atoms with Crippen molar-refractivity contribution in [2.75, 3.05) is 50.7 Å². The highest BCUT2D eigenvalue weighted by molar-refractivity contribution is 5.87. The summed E-state index contributed by atoms with van der Waals surface area (Å²) in [5.41, 5.74) is 1.73. The van der Waals surface area contributed by atoms with Crippen molar-refractivity contribution in [3.63, 3.8) is 0 Å². The molecule has 2 amide bonds. The highest BCUT2D eigenvalue weighted by Gasteiger charge is 2.35. The van der Waals surface area contributed by atoms with Crippen molar-refractivity contribution >= 4 is 28.9 Å². The molecule has 0 spiro atoms. The fraction of sp³-hybridized carbons (Fsp3) is 0.591. The fourth-order valence-corrected chi connectivity index (χ4v) is 5.04. The lowest BCUT2D eigenvalue weighted by Crippen LogP contribution is -2.55. The number of benzene rings is 1. The van der Waals surface area contributed by atoms with E-state index in [-0.39, 0.29) is 24.3 Å². The smallest absolute Gasteiger partial charge is 0.298 e. The number of carbonyl (C=O) groups excluding carboxylic acids is 2. The van der Waals surface area contributed by atoms with Crippen LogP contribution in [0.25, 0.3) is 11.1 Å². The van der Waals surface area contributed by atoms with Crippen LogP contribution in [0, 0.1) is 5.92 Å². The minimum absolute atomic E-state index is 0.0136. The Morgan fingerprint density at radius 2 is 1.93 bits per heavy atom. The Bertz CT molecular complexity index is 887. The molecule has 0 saturated carbocycles. The summed E-state index contributed by atoms with van der Waals surface area (Å²) in [4.78, 5) is 35.7. The van der Waals surface area contributed by atoms with Crippen molar-refractivity contribution in [2.45, 2.75) is 31.7 Å². The van der Waals surface area contributed by atoms with Gasteiger partial charge in [-0.25, -0.2) is 0 Å². The van der Waals surface area contributed by atoms with Crippen molar-refractivity contribution in [3.05, 3.63) is 24.3 Å². The van der Waals surface area contributed by atoms with Crippen LogP contribution in [-0.4, -0.2) is 78.5 Å². The molecule has 5 rings (SSSR count). The van der Waals surface area contributed by atoms with Gasteiger partial charge in [0.15, 0.2) is 5.58 Å². The molecular formula is C22H29N5O3. The molecule has 30 heavy (non-hydrogen) atoms. The summed E-state index contributed by atoms with van der Waals surface area (Å²) in [5.74, 6) is 0.118. The third kappa shape index (κ3) is 3.88. The van der Waals surface area contributed by atoms with Gasteiger partial charge in [0.1, 0.15) is 5.52 Å². The average Bonchev–Trinajstić information content (AvgIpc) is 3.23. The van der Waals surface area contributed by atoms with E-state index in [1.807, 2.05) is 24.3 Å². The normalized spacial score (nSPS) is 24.3. The molecule has 8 heteroatoms. The topological polar surface area (TPSA) is 81.9 Å². The van der Waals surface area contributed by atoms with E-state index in [1.54, 1.807) is 4.90 Å². The zero-order chi connectivity index (χ0) is 20.5. The maximum absolute atomic E-state index is 12.9. The van der Waals surface area contributed by atoms with Crippen LogP contribution in [0.1, 0.15) is 25.7 Å². The number of hydrogen-bond acceptors (Lipinski definition) is 6. The first-order chi connectivity index (χ1) is 14.7. The number of carbonyl (C=O) groups is 2. The van der Waals surface area contributed by atoms with Gasteiger partial charge in [0.05, 0.1) is 12.5 Å². The van der Waals surface area contributed by atoms with Crippen LogP contribution in [-0.2, 0) is 9.59 Å². The van der Waals surface area contributed by atoms with Gasteiger partial charge < -0.3 is 19.5 Å². The summed E-state index contributed by atoms with van der Waals surface area (Å²) < 4.78 is 5.93. The molecule has 0 radical (unpaired) electrons. The number of amides is 2. The standard InChI is InChI=1S/C22H29N5O3/c28-20-15-27(13-9-23-20)21(29)16-4-3-10-26(14-16)17-7-11-25(12-8-17)22-24-18-5-1-2-6-19(18)30-22/h1-2,5-6,16-17H,3-4,7-15H2,(H,23,28). The summed E-state index contributed by atoms with van der Waals surface area (Å²) >= 11 is 0. The quantitative estimate of drug-likeness (QED) is 0.824. The number of anilines is 1.